The number of nitrogens with zero attached hydrogens (tertiary/aromatic N) is 1. The molecule has 1 fully saturated rings. The molecule has 1 rings (SSSR count). The van der Waals surface area contributed by atoms with Gasteiger partial charge in [-0.25, -0.2) is 0 Å². The van der Waals surface area contributed by atoms with Gasteiger partial charge in [-0.15, -0.1) is 0 Å². The number of hydrogen-bond acceptors (Lipinski definition) is 3. The van der Waals surface area contributed by atoms with Crippen molar-refractivity contribution >= 4 is 5.97 Å². The number of rotatable bonds is 6. The molecule has 15 heavy (non-hydrogen) atoms. The highest BCUT2D eigenvalue weighted by molar-refractivity contribution is 5.69. The van der Waals surface area contributed by atoms with Gasteiger partial charge in [-0.2, -0.15) is 0 Å². The summed E-state index contributed by atoms with van der Waals surface area (Å²) in [6.45, 7) is 8.93. The van der Waals surface area contributed by atoms with Crippen LogP contribution in [0.5, 0.6) is 0 Å². The molecule has 2 N–H and O–H groups in total. The molecule has 0 bridgehead atoms. The van der Waals surface area contributed by atoms with E-state index in [1.807, 2.05) is 0 Å². The van der Waals surface area contributed by atoms with Crippen molar-refractivity contribution in [2.45, 2.75) is 20.3 Å². The van der Waals surface area contributed by atoms with Crippen molar-refractivity contribution in [3.05, 3.63) is 0 Å². The number of carboxylic acids is 1. The molecule has 0 aromatic rings. The number of hydrogen-bond donors (Lipinski definition) is 2. The molecule has 0 amide bonds. The zero-order valence-corrected chi connectivity index (χ0v) is 9.70. The second-order valence-corrected chi connectivity index (χ2v) is 4.45. The van der Waals surface area contributed by atoms with Crippen LogP contribution in [0.4, 0.5) is 0 Å². The molecule has 1 heterocycles. The van der Waals surface area contributed by atoms with Gasteiger partial charge in [-0.05, 0) is 32.0 Å². The molecule has 0 aromatic carbocycles. The molecule has 0 spiro atoms. The first-order valence-corrected chi connectivity index (χ1v) is 5.79. The molecule has 0 aliphatic carbocycles. The zero-order valence-electron chi connectivity index (χ0n) is 9.70. The minimum absolute atomic E-state index is 0.284. The van der Waals surface area contributed by atoms with Gasteiger partial charge >= 0.3 is 5.97 Å². The summed E-state index contributed by atoms with van der Waals surface area (Å²) < 4.78 is 0. The Morgan fingerprint density at radius 1 is 1.67 bits per heavy atom. The Morgan fingerprint density at radius 2 is 2.40 bits per heavy atom. The van der Waals surface area contributed by atoms with Gasteiger partial charge in [0, 0.05) is 13.1 Å². The van der Waals surface area contributed by atoms with Crippen molar-refractivity contribution in [2.24, 2.45) is 11.8 Å². The smallest absolute Gasteiger partial charge is 0.307 e. The molecule has 4 heteroatoms. The molecule has 2 unspecified atom stereocenters. The van der Waals surface area contributed by atoms with Crippen molar-refractivity contribution in [3.63, 3.8) is 0 Å². The van der Waals surface area contributed by atoms with Crippen molar-refractivity contribution in [1.29, 1.82) is 0 Å². The van der Waals surface area contributed by atoms with E-state index in [9.17, 15) is 4.79 Å². The predicted octanol–water partition coefficient (Wildman–Crippen LogP) is 0.639. The molecule has 0 aromatic heterocycles. The first kappa shape index (κ1) is 12.5. The largest absolute Gasteiger partial charge is 0.481 e. The van der Waals surface area contributed by atoms with E-state index in [1.165, 1.54) is 13.0 Å². The van der Waals surface area contributed by atoms with Crippen LogP contribution in [0.3, 0.4) is 0 Å². The van der Waals surface area contributed by atoms with Crippen molar-refractivity contribution in [1.82, 2.24) is 10.2 Å². The number of carbonyl (C=O) groups is 1. The molecule has 1 saturated heterocycles. The first-order valence-electron chi connectivity index (χ1n) is 5.79. The van der Waals surface area contributed by atoms with Crippen molar-refractivity contribution in [3.8, 4) is 0 Å². The van der Waals surface area contributed by atoms with E-state index in [2.05, 4.69) is 17.1 Å². The highest BCUT2D eigenvalue weighted by atomic mass is 16.4. The third kappa shape index (κ3) is 4.18. The van der Waals surface area contributed by atoms with E-state index in [0.717, 1.165) is 19.6 Å². The maximum Gasteiger partial charge on any atom is 0.307 e. The van der Waals surface area contributed by atoms with Crippen LogP contribution in [0, 0.1) is 11.8 Å². The van der Waals surface area contributed by atoms with E-state index in [1.54, 1.807) is 6.92 Å². The lowest BCUT2D eigenvalue weighted by Crippen LogP contribution is -2.31. The molecule has 0 saturated carbocycles. The van der Waals surface area contributed by atoms with E-state index in [-0.39, 0.29) is 5.92 Å². The Balaban J connectivity index is 2.08. The molecule has 1 aliphatic heterocycles. The summed E-state index contributed by atoms with van der Waals surface area (Å²) in [4.78, 5) is 13.0. The average molecular weight is 214 g/mol. The molecule has 1 aliphatic rings. The lowest BCUT2D eigenvalue weighted by atomic mass is 10.1. The summed E-state index contributed by atoms with van der Waals surface area (Å²) in [6, 6.07) is 0. The molecule has 4 nitrogen and oxygen atoms in total. The molecule has 0 radical (unpaired) electrons. The third-order valence-electron chi connectivity index (χ3n) is 3.12. The summed E-state index contributed by atoms with van der Waals surface area (Å²) in [5, 5.41) is 12.0. The van der Waals surface area contributed by atoms with Gasteiger partial charge in [0.05, 0.1) is 5.92 Å². The van der Waals surface area contributed by atoms with Gasteiger partial charge in [-0.3, -0.25) is 4.79 Å². The van der Waals surface area contributed by atoms with Gasteiger partial charge in [0.2, 0.25) is 0 Å². The van der Waals surface area contributed by atoms with E-state index in [4.69, 9.17) is 5.11 Å². The van der Waals surface area contributed by atoms with Crippen LogP contribution < -0.4 is 5.32 Å². The summed E-state index contributed by atoms with van der Waals surface area (Å²) >= 11 is 0. The Bertz CT molecular complexity index is 209. The third-order valence-corrected chi connectivity index (χ3v) is 3.12. The molecular formula is C11H22N2O2. The van der Waals surface area contributed by atoms with Gasteiger partial charge in [0.25, 0.3) is 0 Å². The first-order chi connectivity index (χ1) is 7.13. The average Bonchev–Trinajstić information content (AvgIpc) is 2.65. The van der Waals surface area contributed by atoms with Gasteiger partial charge in [0.15, 0.2) is 0 Å². The standard InChI is InChI=1S/C11H22N2O2/c1-3-13-5-4-10(8-13)7-12-6-9(2)11(14)15/h9-10,12H,3-8H2,1-2H3,(H,14,15). The lowest BCUT2D eigenvalue weighted by molar-refractivity contribution is -0.140. The predicted molar refractivity (Wildman–Crippen MR) is 59.9 cm³/mol. The summed E-state index contributed by atoms with van der Waals surface area (Å²) in [5.41, 5.74) is 0. The molecular weight excluding hydrogens is 192 g/mol. The topological polar surface area (TPSA) is 52.6 Å². The maximum absolute atomic E-state index is 10.6. The van der Waals surface area contributed by atoms with Gasteiger partial charge in [-0.1, -0.05) is 13.8 Å². The Labute approximate surface area is 91.6 Å². The lowest BCUT2D eigenvalue weighted by Gasteiger charge is -2.14. The SMILES string of the molecule is CCN1CCC(CNCC(C)C(=O)O)C1. The Kier molecular flexibility index (Phi) is 5.05. The Morgan fingerprint density at radius 3 is 2.93 bits per heavy atom. The van der Waals surface area contributed by atoms with Crippen LogP contribution >= 0.6 is 0 Å². The minimum Gasteiger partial charge on any atom is -0.481 e. The van der Waals surface area contributed by atoms with Crippen LogP contribution in [0.1, 0.15) is 20.3 Å². The van der Waals surface area contributed by atoms with Gasteiger partial charge < -0.3 is 15.3 Å². The highest BCUT2D eigenvalue weighted by Crippen LogP contribution is 2.14. The fourth-order valence-corrected chi connectivity index (χ4v) is 1.96. The summed E-state index contributed by atoms with van der Waals surface area (Å²) in [7, 11) is 0. The molecule has 88 valence electrons. The van der Waals surface area contributed by atoms with E-state index < -0.39 is 5.97 Å². The number of likely N-dealkylation sites (tertiary alicyclic amines) is 1. The van der Waals surface area contributed by atoms with Crippen LogP contribution in [0.2, 0.25) is 0 Å². The fourth-order valence-electron chi connectivity index (χ4n) is 1.96. The van der Waals surface area contributed by atoms with Crippen LogP contribution in [0.25, 0.3) is 0 Å². The Hall–Kier alpha value is -0.610. The number of aliphatic carboxylic acids is 1. The van der Waals surface area contributed by atoms with Gasteiger partial charge in [0.1, 0.15) is 0 Å². The van der Waals surface area contributed by atoms with Crippen LogP contribution in [0.15, 0.2) is 0 Å². The van der Waals surface area contributed by atoms with Crippen molar-refractivity contribution < 1.29 is 9.90 Å². The number of nitrogens with one attached hydrogen (secondary N) is 1. The monoisotopic (exact) mass is 214 g/mol. The minimum atomic E-state index is -0.718. The second kappa shape index (κ2) is 6.08. The summed E-state index contributed by atoms with van der Waals surface area (Å²) in [6.07, 6.45) is 1.24. The normalized spacial score (nSPS) is 24.3. The second-order valence-electron chi connectivity index (χ2n) is 4.45. The quantitative estimate of drug-likeness (QED) is 0.681. The maximum atomic E-state index is 10.6. The number of carboxylic acid groups (broad SMARTS) is 1. The van der Waals surface area contributed by atoms with Crippen molar-refractivity contribution in [2.75, 3.05) is 32.7 Å². The van der Waals surface area contributed by atoms with E-state index in [0.29, 0.717) is 12.5 Å². The summed E-state index contributed by atoms with van der Waals surface area (Å²) in [5.74, 6) is -0.302. The van der Waals surface area contributed by atoms with E-state index >= 15 is 0 Å². The molecule has 2 atom stereocenters. The van der Waals surface area contributed by atoms with Crippen LogP contribution in [-0.4, -0.2) is 48.7 Å². The fraction of sp³-hybridized carbons (Fsp3) is 0.909. The highest BCUT2D eigenvalue weighted by Gasteiger charge is 2.21. The van der Waals surface area contributed by atoms with Crippen LogP contribution in [-0.2, 0) is 4.79 Å². The zero-order chi connectivity index (χ0) is 11.3.